The standard InChI is InChI=1S/C36H59N9O9/c37-9-15-50-19-23-51-20-16-47-12-4-1-5-13-48-17-21-52-24-25-53-22-18-49-14-8-31(46)41-10-2-3-11-42-35-32(34(39)43-27-44-35)33(38)28-6-7-30-29(26-28)45-36(40)54-30/h6-7,26-27,38H,1-5,8-25,37H2,(H2,40,45)(H,41,46)(H3,39,42,43,44). The van der Waals surface area contributed by atoms with Crippen molar-refractivity contribution in [1.29, 1.82) is 5.41 Å². The fraction of sp³-hybridized carbons (Fsp3) is 0.639. The van der Waals surface area contributed by atoms with E-state index in [2.05, 4.69) is 25.6 Å². The van der Waals surface area contributed by atoms with Crippen molar-refractivity contribution in [3.63, 3.8) is 0 Å². The topological polar surface area (TPSA) is 259 Å². The Morgan fingerprint density at radius 3 is 1.91 bits per heavy atom. The van der Waals surface area contributed by atoms with Crippen LogP contribution in [0.25, 0.3) is 11.1 Å². The molecule has 0 fully saturated rings. The van der Waals surface area contributed by atoms with Crippen molar-refractivity contribution in [3.05, 3.63) is 35.7 Å². The van der Waals surface area contributed by atoms with Crippen molar-refractivity contribution in [1.82, 2.24) is 20.3 Å². The van der Waals surface area contributed by atoms with Gasteiger partial charge in [0.2, 0.25) is 5.91 Å². The molecule has 18 heteroatoms. The lowest BCUT2D eigenvalue weighted by atomic mass is 10.0. The highest BCUT2D eigenvalue weighted by atomic mass is 16.6. The number of amides is 1. The van der Waals surface area contributed by atoms with Crippen LogP contribution in [0.4, 0.5) is 17.7 Å². The highest BCUT2D eigenvalue weighted by Gasteiger charge is 2.17. The van der Waals surface area contributed by atoms with Gasteiger partial charge in [0.15, 0.2) is 5.58 Å². The second kappa shape index (κ2) is 28.4. The molecule has 0 radical (unpaired) electrons. The summed E-state index contributed by atoms with van der Waals surface area (Å²) in [5, 5.41) is 14.9. The van der Waals surface area contributed by atoms with Crippen molar-refractivity contribution >= 4 is 40.4 Å². The Hall–Kier alpha value is -4.01. The van der Waals surface area contributed by atoms with Crippen molar-refractivity contribution in [2.24, 2.45) is 5.73 Å². The van der Waals surface area contributed by atoms with Crippen LogP contribution in [0.3, 0.4) is 0 Å². The van der Waals surface area contributed by atoms with Crippen molar-refractivity contribution in [2.45, 2.75) is 38.5 Å². The van der Waals surface area contributed by atoms with Gasteiger partial charge in [-0.2, -0.15) is 4.98 Å². The van der Waals surface area contributed by atoms with Crippen LogP contribution in [-0.4, -0.2) is 139 Å². The van der Waals surface area contributed by atoms with Crippen LogP contribution < -0.4 is 27.8 Å². The third-order valence-electron chi connectivity index (χ3n) is 7.71. The Morgan fingerprint density at radius 2 is 1.28 bits per heavy atom. The summed E-state index contributed by atoms with van der Waals surface area (Å²) in [4.78, 5) is 24.6. The SMILES string of the molecule is N=C(c1ccc2oc(N)nc2c1)c1c(N)ncnc1NCCCCNC(=O)CCOCCOCCOCCOCCCCCOCCOCCOCCN. The lowest BCUT2D eigenvalue weighted by molar-refractivity contribution is -0.122. The van der Waals surface area contributed by atoms with E-state index in [-0.39, 0.29) is 29.9 Å². The van der Waals surface area contributed by atoms with Crippen molar-refractivity contribution < 1.29 is 42.4 Å². The second-order valence-electron chi connectivity index (χ2n) is 12.0. The van der Waals surface area contributed by atoms with Gasteiger partial charge in [0.25, 0.3) is 6.01 Å². The van der Waals surface area contributed by atoms with E-state index >= 15 is 0 Å². The molecular weight excluding hydrogens is 702 g/mol. The molecule has 9 N–H and O–H groups in total. The molecule has 1 amide bonds. The predicted molar refractivity (Wildman–Crippen MR) is 205 cm³/mol. The van der Waals surface area contributed by atoms with Crippen LogP contribution in [0.15, 0.2) is 28.9 Å². The summed E-state index contributed by atoms with van der Waals surface area (Å²) in [6.45, 7) is 9.09. The minimum atomic E-state index is -0.0722. The number of ether oxygens (including phenoxy) is 7. The number of nitrogens with two attached hydrogens (primary N) is 3. The van der Waals surface area contributed by atoms with E-state index in [1.807, 2.05) is 0 Å². The number of anilines is 3. The molecule has 0 spiro atoms. The molecule has 2 aromatic heterocycles. The zero-order valence-electron chi connectivity index (χ0n) is 31.3. The molecule has 2 heterocycles. The maximum Gasteiger partial charge on any atom is 0.292 e. The van der Waals surface area contributed by atoms with Gasteiger partial charge in [-0.3, -0.25) is 10.2 Å². The van der Waals surface area contributed by atoms with Gasteiger partial charge in [0.1, 0.15) is 23.5 Å². The number of oxazole rings is 1. The van der Waals surface area contributed by atoms with Crippen LogP contribution in [0.5, 0.6) is 0 Å². The van der Waals surface area contributed by atoms with E-state index in [4.69, 9.17) is 60.2 Å². The van der Waals surface area contributed by atoms with Gasteiger partial charge in [-0.15, -0.1) is 0 Å². The summed E-state index contributed by atoms with van der Waals surface area (Å²) in [5.41, 5.74) is 19.3. The third-order valence-corrected chi connectivity index (χ3v) is 7.71. The number of unbranched alkanes of at least 4 members (excludes halogenated alkanes) is 3. The van der Waals surface area contributed by atoms with Crippen LogP contribution in [-0.2, 0) is 38.0 Å². The molecule has 0 bridgehead atoms. The Bertz CT molecular complexity index is 1460. The molecule has 0 atom stereocenters. The summed E-state index contributed by atoms with van der Waals surface area (Å²) in [6, 6.07) is 5.20. The lowest BCUT2D eigenvalue weighted by Gasteiger charge is -2.13. The van der Waals surface area contributed by atoms with Crippen LogP contribution >= 0.6 is 0 Å². The maximum absolute atomic E-state index is 12.2. The van der Waals surface area contributed by atoms with Crippen molar-refractivity contribution in [3.8, 4) is 0 Å². The zero-order valence-corrected chi connectivity index (χ0v) is 31.3. The number of carbonyl (C=O) groups excluding carboxylic acids is 1. The van der Waals surface area contributed by atoms with Gasteiger partial charge in [0.05, 0.1) is 90.6 Å². The fourth-order valence-corrected chi connectivity index (χ4v) is 4.93. The number of rotatable bonds is 34. The Kier molecular flexibility index (Phi) is 23.4. The molecule has 54 heavy (non-hydrogen) atoms. The fourth-order valence-electron chi connectivity index (χ4n) is 4.93. The molecule has 0 saturated heterocycles. The predicted octanol–water partition coefficient (Wildman–Crippen LogP) is 2.14. The number of nitrogens with zero attached hydrogens (tertiary/aromatic N) is 3. The first kappa shape index (κ1) is 44.4. The molecule has 3 aromatic rings. The number of benzene rings is 1. The Balaban J connectivity index is 1.06. The van der Waals surface area contributed by atoms with Crippen LogP contribution in [0.2, 0.25) is 0 Å². The largest absolute Gasteiger partial charge is 0.424 e. The quantitative estimate of drug-likeness (QED) is 0.0376. The number of nitrogen functional groups attached to an aromatic ring is 2. The molecule has 302 valence electrons. The summed E-state index contributed by atoms with van der Waals surface area (Å²) >= 11 is 0. The first-order chi connectivity index (χ1) is 26.5. The number of carbonyl (C=O) groups is 1. The first-order valence-corrected chi connectivity index (χ1v) is 18.6. The summed E-state index contributed by atoms with van der Waals surface area (Å²) in [6.07, 6.45) is 6.17. The van der Waals surface area contributed by atoms with Gasteiger partial charge in [-0.25, -0.2) is 9.97 Å². The number of nitrogens with one attached hydrogen (secondary N) is 3. The molecular formula is C36H59N9O9. The molecule has 0 unspecified atom stereocenters. The van der Waals surface area contributed by atoms with Gasteiger partial charge < -0.3 is 65.4 Å². The van der Waals surface area contributed by atoms with Crippen LogP contribution in [0, 0.1) is 5.41 Å². The van der Waals surface area contributed by atoms with Crippen LogP contribution in [0.1, 0.15) is 49.7 Å². The smallest absolute Gasteiger partial charge is 0.292 e. The normalized spacial score (nSPS) is 11.4. The third kappa shape index (κ3) is 18.8. The monoisotopic (exact) mass is 761 g/mol. The van der Waals surface area contributed by atoms with Gasteiger partial charge in [-0.1, -0.05) is 0 Å². The van der Waals surface area contributed by atoms with Gasteiger partial charge >= 0.3 is 0 Å². The number of hydrogen-bond acceptors (Lipinski definition) is 17. The van der Waals surface area contributed by atoms with Crippen molar-refractivity contribution in [2.75, 3.05) is 129 Å². The van der Waals surface area contributed by atoms with E-state index < -0.39 is 0 Å². The highest BCUT2D eigenvalue weighted by molar-refractivity contribution is 6.17. The number of fused-ring (bicyclic) bond motifs is 1. The van der Waals surface area contributed by atoms with E-state index in [0.29, 0.717) is 134 Å². The van der Waals surface area contributed by atoms with E-state index in [1.54, 1.807) is 18.2 Å². The number of hydrogen-bond donors (Lipinski definition) is 6. The molecule has 0 aliphatic carbocycles. The molecule has 1 aromatic carbocycles. The minimum Gasteiger partial charge on any atom is -0.424 e. The molecule has 3 rings (SSSR count). The molecule has 0 saturated carbocycles. The Morgan fingerprint density at radius 1 is 0.704 bits per heavy atom. The second-order valence-corrected chi connectivity index (χ2v) is 12.0. The average molecular weight is 762 g/mol. The van der Waals surface area contributed by atoms with E-state index in [0.717, 1.165) is 38.7 Å². The summed E-state index contributed by atoms with van der Waals surface area (Å²) < 4.78 is 43.6. The minimum absolute atomic E-state index is 0.0572. The first-order valence-electron chi connectivity index (χ1n) is 18.6. The molecule has 0 aliphatic heterocycles. The highest BCUT2D eigenvalue weighted by Crippen LogP contribution is 2.24. The van der Waals surface area contributed by atoms with E-state index in [9.17, 15) is 4.79 Å². The zero-order chi connectivity index (χ0) is 38.5. The molecule has 18 nitrogen and oxygen atoms in total. The summed E-state index contributed by atoms with van der Waals surface area (Å²) in [7, 11) is 0. The lowest BCUT2D eigenvalue weighted by Crippen LogP contribution is -2.26. The number of aromatic nitrogens is 3. The Labute approximate surface area is 317 Å². The van der Waals surface area contributed by atoms with Gasteiger partial charge in [-0.05, 0) is 50.3 Å². The average Bonchev–Trinajstić information content (AvgIpc) is 3.55. The summed E-state index contributed by atoms with van der Waals surface area (Å²) in [5.74, 6) is 0.567. The maximum atomic E-state index is 12.2. The van der Waals surface area contributed by atoms with E-state index in [1.165, 1.54) is 6.33 Å². The molecule has 0 aliphatic rings. The van der Waals surface area contributed by atoms with Gasteiger partial charge in [0, 0.05) is 44.8 Å².